The van der Waals surface area contributed by atoms with E-state index < -0.39 is 42.0 Å². The summed E-state index contributed by atoms with van der Waals surface area (Å²) in [7, 11) is 0. The molecule has 10 heteroatoms. The van der Waals surface area contributed by atoms with Gasteiger partial charge < -0.3 is 15.4 Å². The van der Waals surface area contributed by atoms with Gasteiger partial charge in [0.05, 0.1) is 5.02 Å². The fraction of sp³-hybridized carbons (Fsp3) is 0.526. The van der Waals surface area contributed by atoms with Crippen molar-refractivity contribution < 1.29 is 23.9 Å². The molecule has 0 radical (unpaired) electrons. The van der Waals surface area contributed by atoms with Crippen molar-refractivity contribution in [2.45, 2.75) is 51.2 Å². The maximum Gasteiger partial charge on any atom is 0.327 e. The van der Waals surface area contributed by atoms with Crippen LogP contribution in [-0.4, -0.2) is 51.9 Å². The zero-order valence-corrected chi connectivity index (χ0v) is 17.0. The Kier molecular flexibility index (Phi) is 6.07. The van der Waals surface area contributed by atoms with E-state index in [4.69, 9.17) is 16.3 Å². The molecule has 1 aliphatic heterocycles. The fourth-order valence-corrected chi connectivity index (χ4v) is 3.85. The van der Waals surface area contributed by atoms with Gasteiger partial charge in [0.1, 0.15) is 17.9 Å². The zero-order chi connectivity index (χ0) is 21.2. The molecule has 2 aliphatic rings. The molecule has 0 aromatic carbocycles. The summed E-state index contributed by atoms with van der Waals surface area (Å²) in [6.45, 7) is 2.77. The summed E-state index contributed by atoms with van der Waals surface area (Å²) in [5.74, 6) is -1.60. The second-order valence-corrected chi connectivity index (χ2v) is 7.86. The van der Waals surface area contributed by atoms with Gasteiger partial charge in [0.15, 0.2) is 6.10 Å². The number of carbonyl (C=O) groups excluding carboxylic acids is 4. The average molecular weight is 423 g/mol. The maximum atomic E-state index is 12.9. The molecule has 4 amide bonds. The van der Waals surface area contributed by atoms with Crippen LogP contribution in [0.1, 0.15) is 39.5 Å². The second kappa shape index (κ2) is 8.36. The highest BCUT2D eigenvalue weighted by Gasteiger charge is 2.55. The lowest BCUT2D eigenvalue weighted by Crippen LogP contribution is -2.54. The number of halogens is 1. The van der Waals surface area contributed by atoms with Crippen molar-refractivity contribution in [2.24, 2.45) is 5.92 Å². The lowest BCUT2D eigenvalue weighted by molar-refractivity contribution is -0.155. The smallest absolute Gasteiger partial charge is 0.327 e. The highest BCUT2D eigenvalue weighted by atomic mass is 35.5. The van der Waals surface area contributed by atoms with E-state index in [0.29, 0.717) is 11.4 Å². The highest BCUT2D eigenvalue weighted by Crippen LogP contribution is 2.38. The Morgan fingerprint density at radius 3 is 2.83 bits per heavy atom. The third kappa shape index (κ3) is 4.34. The first-order valence-electron chi connectivity index (χ1n) is 9.49. The van der Waals surface area contributed by atoms with Gasteiger partial charge in [-0.1, -0.05) is 31.4 Å². The first-order chi connectivity index (χ1) is 13.7. The van der Waals surface area contributed by atoms with Gasteiger partial charge in [-0.25, -0.2) is 9.78 Å². The molecule has 1 saturated heterocycles. The Balaban J connectivity index is 1.57. The molecule has 1 saturated carbocycles. The molecule has 156 valence electrons. The molecule has 0 unspecified atom stereocenters. The number of esters is 1. The highest BCUT2D eigenvalue weighted by molar-refractivity contribution is 6.30. The van der Waals surface area contributed by atoms with Gasteiger partial charge >= 0.3 is 12.0 Å². The first-order valence-corrected chi connectivity index (χ1v) is 9.87. The number of imide groups is 1. The van der Waals surface area contributed by atoms with Gasteiger partial charge in [0.2, 0.25) is 0 Å². The number of hydrogen-bond donors (Lipinski definition) is 2. The van der Waals surface area contributed by atoms with Crippen molar-refractivity contribution in [2.75, 3.05) is 11.9 Å². The summed E-state index contributed by atoms with van der Waals surface area (Å²) >= 11 is 5.74. The van der Waals surface area contributed by atoms with Crippen molar-refractivity contribution in [1.82, 2.24) is 15.2 Å². The average Bonchev–Trinajstić information content (AvgIpc) is 2.91. The predicted molar refractivity (Wildman–Crippen MR) is 104 cm³/mol. The van der Waals surface area contributed by atoms with Crippen LogP contribution in [0.2, 0.25) is 5.02 Å². The number of pyridine rings is 1. The number of nitrogens with zero attached hydrogens (tertiary/aromatic N) is 2. The largest absolute Gasteiger partial charge is 0.451 e. The van der Waals surface area contributed by atoms with Crippen LogP contribution < -0.4 is 10.6 Å². The zero-order valence-electron chi connectivity index (χ0n) is 16.2. The molecular formula is C19H23ClN4O5. The summed E-state index contributed by atoms with van der Waals surface area (Å²) in [6.07, 6.45) is 3.46. The van der Waals surface area contributed by atoms with Gasteiger partial charge in [-0.15, -0.1) is 0 Å². The molecular weight excluding hydrogens is 400 g/mol. The SMILES string of the molecule is C[C@H](OC(=O)CN1C(=O)N[C@]2(CCCC[C@@H]2C)C1=O)C(=O)Nc1ccc(Cl)cn1. The van der Waals surface area contributed by atoms with Gasteiger partial charge in [-0.3, -0.25) is 19.3 Å². The molecule has 0 bridgehead atoms. The lowest BCUT2D eigenvalue weighted by Gasteiger charge is -2.36. The minimum atomic E-state index is -1.14. The number of amides is 4. The van der Waals surface area contributed by atoms with Crippen LogP contribution in [0.5, 0.6) is 0 Å². The first kappa shape index (κ1) is 21.0. The number of ether oxygens (including phenoxy) is 1. The molecule has 2 fully saturated rings. The van der Waals surface area contributed by atoms with Crippen LogP contribution >= 0.6 is 11.6 Å². The number of hydrogen-bond acceptors (Lipinski definition) is 6. The van der Waals surface area contributed by atoms with Crippen LogP contribution in [0.3, 0.4) is 0 Å². The summed E-state index contributed by atoms with van der Waals surface area (Å²) < 4.78 is 5.09. The number of anilines is 1. The molecule has 29 heavy (non-hydrogen) atoms. The third-order valence-electron chi connectivity index (χ3n) is 5.44. The van der Waals surface area contributed by atoms with Crippen LogP contribution in [0.15, 0.2) is 18.3 Å². The van der Waals surface area contributed by atoms with Crippen molar-refractivity contribution in [3.05, 3.63) is 23.4 Å². The molecule has 2 heterocycles. The monoisotopic (exact) mass is 422 g/mol. The Morgan fingerprint density at radius 1 is 1.41 bits per heavy atom. The van der Waals surface area contributed by atoms with Gasteiger partial charge in [-0.05, 0) is 37.8 Å². The normalized spacial score (nSPS) is 24.9. The van der Waals surface area contributed by atoms with Gasteiger partial charge in [0, 0.05) is 6.20 Å². The molecule has 1 aromatic heterocycles. The van der Waals surface area contributed by atoms with E-state index in [0.717, 1.165) is 24.2 Å². The van der Waals surface area contributed by atoms with Crippen molar-refractivity contribution in [3.63, 3.8) is 0 Å². The van der Waals surface area contributed by atoms with Crippen LogP contribution in [0.4, 0.5) is 10.6 Å². The topological polar surface area (TPSA) is 118 Å². The van der Waals surface area contributed by atoms with Crippen LogP contribution in [0.25, 0.3) is 0 Å². The molecule has 3 atom stereocenters. The molecule has 1 aromatic rings. The van der Waals surface area contributed by atoms with Crippen molar-refractivity contribution >= 4 is 41.2 Å². The van der Waals surface area contributed by atoms with E-state index in [1.165, 1.54) is 19.2 Å². The Labute approximate surface area is 173 Å². The van der Waals surface area contributed by atoms with E-state index in [2.05, 4.69) is 15.6 Å². The van der Waals surface area contributed by atoms with Crippen molar-refractivity contribution in [1.29, 1.82) is 0 Å². The summed E-state index contributed by atoms with van der Waals surface area (Å²) in [4.78, 5) is 54.4. The Hall–Kier alpha value is -2.68. The third-order valence-corrected chi connectivity index (χ3v) is 5.67. The Bertz CT molecular complexity index is 830. The van der Waals surface area contributed by atoms with Crippen LogP contribution in [-0.2, 0) is 19.1 Å². The van der Waals surface area contributed by atoms with E-state index in [-0.39, 0.29) is 11.7 Å². The summed E-state index contributed by atoms with van der Waals surface area (Å²) in [5.41, 5.74) is -0.946. The molecule has 3 rings (SSSR count). The Morgan fingerprint density at radius 2 is 2.17 bits per heavy atom. The van der Waals surface area contributed by atoms with E-state index in [1.54, 1.807) is 6.07 Å². The quantitative estimate of drug-likeness (QED) is 0.554. The van der Waals surface area contributed by atoms with Gasteiger partial charge in [-0.2, -0.15) is 0 Å². The number of rotatable bonds is 5. The number of nitrogens with one attached hydrogen (secondary N) is 2. The van der Waals surface area contributed by atoms with Gasteiger partial charge in [0.25, 0.3) is 11.8 Å². The molecule has 1 spiro atoms. The lowest BCUT2D eigenvalue weighted by atomic mass is 9.73. The molecule has 2 N–H and O–H groups in total. The second-order valence-electron chi connectivity index (χ2n) is 7.42. The van der Waals surface area contributed by atoms with E-state index in [9.17, 15) is 19.2 Å². The predicted octanol–water partition coefficient (Wildman–Crippen LogP) is 2.11. The molecule has 9 nitrogen and oxygen atoms in total. The number of carbonyl (C=O) groups is 4. The minimum Gasteiger partial charge on any atom is -0.451 e. The van der Waals surface area contributed by atoms with E-state index >= 15 is 0 Å². The number of aromatic nitrogens is 1. The van der Waals surface area contributed by atoms with Crippen molar-refractivity contribution in [3.8, 4) is 0 Å². The molecule has 1 aliphatic carbocycles. The van der Waals surface area contributed by atoms with E-state index in [1.807, 2.05) is 6.92 Å². The fourth-order valence-electron chi connectivity index (χ4n) is 3.73. The van der Waals surface area contributed by atoms with Crippen LogP contribution in [0, 0.1) is 5.92 Å². The standard InChI is InChI=1S/C19H23ClN4O5/c1-11-5-3-4-8-19(11)17(27)24(18(28)23-19)10-15(25)29-12(2)16(26)22-14-7-6-13(20)9-21-14/h6-7,9,11-12H,3-5,8,10H2,1-2H3,(H,23,28)(H,21,22,26)/t11-,12-,19-/m0/s1. The summed E-state index contributed by atoms with van der Waals surface area (Å²) in [5, 5.41) is 5.68. The number of urea groups is 1. The minimum absolute atomic E-state index is 0.00898. The maximum absolute atomic E-state index is 12.9. The summed E-state index contributed by atoms with van der Waals surface area (Å²) in [6, 6.07) is 2.45.